The minimum absolute atomic E-state index is 1.23. The second-order valence-electron chi connectivity index (χ2n) is 3.07. The molecule has 13 heavy (non-hydrogen) atoms. The van der Waals surface area contributed by atoms with Crippen molar-refractivity contribution in [3.8, 4) is 0 Å². The normalized spacial score (nSPS) is 11.2. The van der Waals surface area contributed by atoms with Crippen LogP contribution in [0.3, 0.4) is 0 Å². The minimum Gasteiger partial charge on any atom is -0.383 e. The minimum atomic E-state index is 1.23. The molecule has 68 valence electrons. The van der Waals surface area contributed by atoms with Gasteiger partial charge in [0.1, 0.15) is 0 Å². The molecule has 0 aromatic heterocycles. The smallest absolute Gasteiger partial charge is 0.00556 e. The molecule has 0 unspecified atom stereocenters. The van der Waals surface area contributed by atoms with Crippen molar-refractivity contribution < 1.29 is 0 Å². The first-order valence-corrected chi connectivity index (χ1v) is 4.35. The van der Waals surface area contributed by atoms with Gasteiger partial charge in [0.25, 0.3) is 0 Å². The van der Waals surface area contributed by atoms with E-state index < -0.39 is 0 Å². The van der Waals surface area contributed by atoms with Crippen molar-refractivity contribution in [2.45, 2.75) is 0 Å². The third-order valence-corrected chi connectivity index (χ3v) is 1.58. The number of allylic oxidation sites excluding steroid dienone is 2. The van der Waals surface area contributed by atoms with E-state index >= 15 is 0 Å². The SMILES string of the molecule is CN(C)C=CC=Cc1ccccc1. The second-order valence-corrected chi connectivity index (χ2v) is 3.07. The molecule has 0 saturated heterocycles. The zero-order valence-corrected chi connectivity index (χ0v) is 8.14. The first-order chi connectivity index (χ1) is 6.29. The van der Waals surface area contributed by atoms with Crippen LogP contribution < -0.4 is 0 Å². The van der Waals surface area contributed by atoms with Gasteiger partial charge >= 0.3 is 0 Å². The van der Waals surface area contributed by atoms with Crippen LogP contribution in [-0.2, 0) is 0 Å². The van der Waals surface area contributed by atoms with E-state index in [0.29, 0.717) is 0 Å². The van der Waals surface area contributed by atoms with Crippen molar-refractivity contribution in [1.82, 2.24) is 4.90 Å². The molecule has 1 aromatic carbocycles. The van der Waals surface area contributed by atoms with Gasteiger partial charge in [0.05, 0.1) is 0 Å². The third-order valence-electron chi connectivity index (χ3n) is 1.58. The number of hydrogen-bond acceptors (Lipinski definition) is 1. The van der Waals surface area contributed by atoms with Crippen LogP contribution >= 0.6 is 0 Å². The predicted molar refractivity (Wildman–Crippen MR) is 58.3 cm³/mol. The van der Waals surface area contributed by atoms with Crippen molar-refractivity contribution >= 4 is 6.08 Å². The number of nitrogens with zero attached hydrogens (tertiary/aromatic N) is 1. The van der Waals surface area contributed by atoms with Gasteiger partial charge in [0, 0.05) is 14.1 Å². The average Bonchev–Trinajstić information content (AvgIpc) is 2.14. The van der Waals surface area contributed by atoms with E-state index in [4.69, 9.17) is 0 Å². The van der Waals surface area contributed by atoms with Crippen LogP contribution in [-0.4, -0.2) is 19.0 Å². The first kappa shape index (κ1) is 9.59. The largest absolute Gasteiger partial charge is 0.383 e. The molecule has 0 atom stereocenters. The van der Waals surface area contributed by atoms with Gasteiger partial charge < -0.3 is 4.90 Å². The molecule has 1 aromatic rings. The molecule has 0 heterocycles. The van der Waals surface area contributed by atoms with E-state index in [1.54, 1.807) is 0 Å². The summed E-state index contributed by atoms with van der Waals surface area (Å²) in [7, 11) is 4.01. The molecule has 0 aliphatic heterocycles. The number of hydrogen-bond donors (Lipinski definition) is 0. The summed E-state index contributed by atoms with van der Waals surface area (Å²) in [5.41, 5.74) is 1.23. The monoisotopic (exact) mass is 173 g/mol. The molecule has 0 saturated carbocycles. The van der Waals surface area contributed by atoms with Crippen molar-refractivity contribution in [3.05, 3.63) is 54.2 Å². The van der Waals surface area contributed by atoms with Crippen molar-refractivity contribution in [1.29, 1.82) is 0 Å². The van der Waals surface area contributed by atoms with Gasteiger partial charge in [0.2, 0.25) is 0 Å². The summed E-state index contributed by atoms with van der Waals surface area (Å²) in [6, 6.07) is 10.3. The summed E-state index contributed by atoms with van der Waals surface area (Å²) in [6.45, 7) is 0. The van der Waals surface area contributed by atoms with Crippen LogP contribution in [0.1, 0.15) is 5.56 Å². The molecule has 0 aliphatic rings. The highest BCUT2D eigenvalue weighted by Crippen LogP contribution is 2.00. The topological polar surface area (TPSA) is 3.24 Å². The maximum absolute atomic E-state index is 2.08. The number of benzene rings is 1. The lowest BCUT2D eigenvalue weighted by Crippen LogP contribution is -1.99. The van der Waals surface area contributed by atoms with E-state index in [-0.39, 0.29) is 0 Å². The Morgan fingerprint density at radius 2 is 1.69 bits per heavy atom. The van der Waals surface area contributed by atoms with Crippen molar-refractivity contribution in [2.24, 2.45) is 0 Å². The molecule has 0 bridgehead atoms. The standard InChI is InChI=1S/C12H15N/c1-13(2)11-7-6-10-12-8-4-3-5-9-12/h3-11H,1-2H3. The summed E-state index contributed by atoms with van der Waals surface area (Å²) in [4.78, 5) is 2.01. The Balaban J connectivity index is 2.50. The molecule has 0 N–H and O–H groups in total. The molecule has 0 amide bonds. The van der Waals surface area contributed by atoms with Gasteiger partial charge in [-0.05, 0) is 17.8 Å². The van der Waals surface area contributed by atoms with E-state index in [1.165, 1.54) is 5.56 Å². The zero-order chi connectivity index (χ0) is 9.52. The fourth-order valence-electron chi connectivity index (χ4n) is 0.953. The Bertz CT molecular complexity index is 283. The second kappa shape index (κ2) is 5.20. The van der Waals surface area contributed by atoms with Crippen molar-refractivity contribution in [3.63, 3.8) is 0 Å². The summed E-state index contributed by atoms with van der Waals surface area (Å²) >= 11 is 0. The molecule has 0 spiro atoms. The van der Waals surface area contributed by atoms with Crippen LogP contribution in [0.4, 0.5) is 0 Å². The van der Waals surface area contributed by atoms with Gasteiger partial charge in [-0.15, -0.1) is 0 Å². The molecule has 0 fully saturated rings. The maximum atomic E-state index is 2.08. The molecule has 1 rings (SSSR count). The van der Waals surface area contributed by atoms with Crippen LogP contribution in [0.2, 0.25) is 0 Å². The van der Waals surface area contributed by atoms with E-state index in [9.17, 15) is 0 Å². The fourth-order valence-corrected chi connectivity index (χ4v) is 0.953. The third kappa shape index (κ3) is 4.16. The summed E-state index contributed by atoms with van der Waals surface area (Å²) in [5.74, 6) is 0. The number of rotatable bonds is 3. The highest BCUT2D eigenvalue weighted by molar-refractivity contribution is 5.50. The fraction of sp³-hybridized carbons (Fsp3) is 0.167. The first-order valence-electron chi connectivity index (χ1n) is 4.35. The Kier molecular flexibility index (Phi) is 3.83. The van der Waals surface area contributed by atoms with Gasteiger partial charge in [-0.3, -0.25) is 0 Å². The zero-order valence-electron chi connectivity index (χ0n) is 8.14. The van der Waals surface area contributed by atoms with Gasteiger partial charge in [-0.25, -0.2) is 0 Å². The molecule has 1 nitrogen and oxygen atoms in total. The van der Waals surface area contributed by atoms with Crippen LogP contribution in [0.25, 0.3) is 6.08 Å². The Labute approximate surface area is 80.0 Å². The lowest BCUT2D eigenvalue weighted by molar-refractivity contribution is 0.564. The Morgan fingerprint density at radius 1 is 1.00 bits per heavy atom. The van der Waals surface area contributed by atoms with Crippen molar-refractivity contribution in [2.75, 3.05) is 14.1 Å². The summed E-state index contributed by atoms with van der Waals surface area (Å²) in [5, 5.41) is 0. The molecular weight excluding hydrogens is 158 g/mol. The van der Waals surface area contributed by atoms with E-state index in [0.717, 1.165) is 0 Å². The van der Waals surface area contributed by atoms with E-state index in [1.807, 2.05) is 55.5 Å². The molecule has 1 heteroatoms. The van der Waals surface area contributed by atoms with Gasteiger partial charge in [-0.1, -0.05) is 42.5 Å². The van der Waals surface area contributed by atoms with E-state index in [2.05, 4.69) is 18.2 Å². The summed E-state index contributed by atoms with van der Waals surface area (Å²) < 4.78 is 0. The van der Waals surface area contributed by atoms with Gasteiger partial charge in [0.15, 0.2) is 0 Å². The predicted octanol–water partition coefficient (Wildman–Crippen LogP) is 2.78. The quantitative estimate of drug-likeness (QED) is 0.635. The lowest BCUT2D eigenvalue weighted by Gasteiger charge is -2.00. The Morgan fingerprint density at radius 3 is 2.31 bits per heavy atom. The highest BCUT2D eigenvalue weighted by Gasteiger charge is 1.79. The Hall–Kier alpha value is -1.50. The van der Waals surface area contributed by atoms with Crippen LogP contribution in [0.5, 0.6) is 0 Å². The molecular formula is C12H15N. The van der Waals surface area contributed by atoms with Crippen LogP contribution in [0, 0.1) is 0 Å². The van der Waals surface area contributed by atoms with Gasteiger partial charge in [-0.2, -0.15) is 0 Å². The average molecular weight is 173 g/mol. The maximum Gasteiger partial charge on any atom is 0.00556 e. The lowest BCUT2D eigenvalue weighted by atomic mass is 10.2. The molecule has 0 aliphatic carbocycles. The highest BCUT2D eigenvalue weighted by atomic mass is 15.0. The molecule has 0 radical (unpaired) electrons. The van der Waals surface area contributed by atoms with Crippen LogP contribution in [0.15, 0.2) is 48.7 Å². The summed E-state index contributed by atoms with van der Waals surface area (Å²) in [6.07, 6.45) is 8.15.